The van der Waals surface area contributed by atoms with Gasteiger partial charge >= 0.3 is 12.2 Å². The summed E-state index contributed by atoms with van der Waals surface area (Å²) < 4.78 is 24.5. The Morgan fingerprint density at radius 2 is 1.01 bits per heavy atom. The van der Waals surface area contributed by atoms with Crippen molar-refractivity contribution in [2.24, 2.45) is 0 Å². The molecule has 3 atom stereocenters. The zero-order valence-corrected chi connectivity index (χ0v) is 48.2. The molecule has 10 heteroatoms. The number of carbonyl (C=O) groups excluding carboxylic acids is 3. The number of hydrogen-bond acceptors (Lipinski definition) is 7. The van der Waals surface area contributed by atoms with Crippen LogP contribution in [0.1, 0.15) is 225 Å². The third kappa shape index (κ3) is 27.1. The number of nitrogens with zero attached hydrogens (tertiary/aromatic N) is 1. The van der Waals surface area contributed by atoms with Crippen LogP contribution >= 0.6 is 0 Å². The highest BCUT2D eigenvalue weighted by Gasteiger charge is 2.39. The quantitative estimate of drug-likeness (QED) is 0.0503. The standard InChI is InChI=1S/C66H103N3O7/c1-6-8-10-12-14-16-18-20-22-24-26-28-30-32-34-42-50-73-61-52-69(53-62(61)74-51-43-35-33-31-29-27-25-23-21-19-17-15-13-11-9-7-2)63(70)60(48-40-41-49-67-64(71)76-66(3,4)5)68-65(72)75-54-59-57-46-38-36-44-55(57)56-45-37-39-47-58(56)59/h14-17,20-23,36-39,44-47,59-62H,6-13,18-19,24-35,40-43,48-54H2,1-5H3,(H,67,71)(H,68,72)/b16-14-,17-15-,22-20-,23-21-. The van der Waals surface area contributed by atoms with Gasteiger partial charge in [-0.2, -0.15) is 0 Å². The number of alkyl carbamates (subject to hydrolysis) is 2. The van der Waals surface area contributed by atoms with Crippen molar-refractivity contribution in [1.29, 1.82) is 0 Å². The van der Waals surface area contributed by atoms with E-state index in [1.807, 2.05) is 49.9 Å². The third-order valence-electron chi connectivity index (χ3n) is 14.4. The SMILES string of the molecule is CCCCC/C=C\C/C=C\CCCCCCCCOC1CN(C(=O)C(CCCCNC(=O)OC(C)(C)C)NC(=O)OCC2c3ccccc3-c3ccccc32)CC1OCCCCCCCC/C=C\C/C=C\CCCCC. The second kappa shape index (κ2) is 39.7. The minimum Gasteiger partial charge on any atom is -0.449 e. The smallest absolute Gasteiger partial charge is 0.407 e. The molecular weight excluding hydrogens is 947 g/mol. The summed E-state index contributed by atoms with van der Waals surface area (Å²) in [5, 5.41) is 5.79. The van der Waals surface area contributed by atoms with E-state index in [2.05, 4.69) is 97.4 Å². The molecule has 1 aliphatic carbocycles. The summed E-state index contributed by atoms with van der Waals surface area (Å²) in [5.74, 6) is -0.272. The van der Waals surface area contributed by atoms with E-state index in [4.69, 9.17) is 18.9 Å². The van der Waals surface area contributed by atoms with Crippen LogP contribution in [0.3, 0.4) is 0 Å². The maximum atomic E-state index is 14.6. The van der Waals surface area contributed by atoms with E-state index in [-0.39, 0.29) is 30.6 Å². The summed E-state index contributed by atoms with van der Waals surface area (Å²) >= 11 is 0. The Bertz CT molecular complexity index is 1900. The number of nitrogens with one attached hydrogen (secondary N) is 2. The van der Waals surface area contributed by atoms with E-state index in [1.54, 1.807) is 0 Å². The predicted octanol–water partition coefficient (Wildman–Crippen LogP) is 16.8. The largest absolute Gasteiger partial charge is 0.449 e. The number of allylic oxidation sites excluding steroid dienone is 8. The van der Waals surface area contributed by atoms with Gasteiger partial charge < -0.3 is 34.5 Å². The lowest BCUT2D eigenvalue weighted by molar-refractivity contribution is -0.133. The van der Waals surface area contributed by atoms with Gasteiger partial charge in [0.25, 0.3) is 0 Å². The number of fused-ring (bicyclic) bond motifs is 3. The topological polar surface area (TPSA) is 115 Å². The maximum absolute atomic E-state index is 14.6. The number of likely N-dealkylation sites (tertiary alicyclic amines) is 1. The molecule has 2 aromatic rings. The van der Waals surface area contributed by atoms with Crippen LogP contribution in [0.2, 0.25) is 0 Å². The molecule has 0 radical (unpaired) electrons. The highest BCUT2D eigenvalue weighted by Crippen LogP contribution is 2.44. The molecule has 4 rings (SSSR count). The van der Waals surface area contributed by atoms with E-state index in [9.17, 15) is 14.4 Å². The summed E-state index contributed by atoms with van der Waals surface area (Å²) in [6.07, 6.45) is 47.0. The summed E-state index contributed by atoms with van der Waals surface area (Å²) in [4.78, 5) is 42.5. The minimum atomic E-state index is -0.822. The lowest BCUT2D eigenvalue weighted by atomic mass is 9.98. The molecule has 3 amide bonds. The second-order valence-corrected chi connectivity index (χ2v) is 22.2. The fourth-order valence-electron chi connectivity index (χ4n) is 10.1. The van der Waals surface area contributed by atoms with Crippen molar-refractivity contribution < 1.29 is 33.3 Å². The van der Waals surface area contributed by atoms with E-state index >= 15 is 0 Å². The van der Waals surface area contributed by atoms with Gasteiger partial charge in [-0.1, -0.05) is 188 Å². The fraction of sp³-hybridized carbons (Fsp3) is 0.652. The van der Waals surface area contributed by atoms with E-state index in [0.29, 0.717) is 52.1 Å². The van der Waals surface area contributed by atoms with Gasteiger partial charge in [0.2, 0.25) is 5.91 Å². The Balaban J connectivity index is 1.28. The molecule has 0 bridgehead atoms. The van der Waals surface area contributed by atoms with Crippen LogP contribution in [-0.2, 0) is 23.7 Å². The Hall–Kier alpha value is -4.67. The lowest BCUT2D eigenvalue weighted by Crippen LogP contribution is -2.48. The average Bonchev–Trinajstić information content (AvgIpc) is 4.00. The Kier molecular flexibility index (Phi) is 33.3. The molecule has 1 aliphatic heterocycles. The Labute approximate surface area is 461 Å². The molecule has 1 fully saturated rings. The number of unbranched alkanes of at least 4 members (excludes halogenated alkanes) is 19. The van der Waals surface area contributed by atoms with Gasteiger partial charge in [-0.15, -0.1) is 0 Å². The van der Waals surface area contributed by atoms with Crippen molar-refractivity contribution in [2.75, 3.05) is 39.5 Å². The van der Waals surface area contributed by atoms with Gasteiger partial charge in [0.1, 0.15) is 30.5 Å². The lowest BCUT2D eigenvalue weighted by Gasteiger charge is -2.25. The van der Waals surface area contributed by atoms with Crippen LogP contribution in [0.25, 0.3) is 11.1 Å². The van der Waals surface area contributed by atoms with Gasteiger partial charge in [-0.3, -0.25) is 4.79 Å². The van der Waals surface area contributed by atoms with Gasteiger partial charge in [0.05, 0.1) is 0 Å². The van der Waals surface area contributed by atoms with Gasteiger partial charge in [-0.25, -0.2) is 9.59 Å². The predicted molar refractivity (Wildman–Crippen MR) is 315 cm³/mol. The minimum absolute atomic E-state index is 0.102. The van der Waals surface area contributed by atoms with Crippen LogP contribution in [0, 0.1) is 0 Å². The zero-order chi connectivity index (χ0) is 54.3. The number of hydrogen-bond donors (Lipinski definition) is 2. The maximum Gasteiger partial charge on any atom is 0.407 e. The van der Waals surface area contributed by atoms with Gasteiger partial charge in [-0.05, 0) is 139 Å². The number of rotatable bonds is 41. The van der Waals surface area contributed by atoms with E-state index in [1.165, 1.54) is 103 Å². The molecular formula is C66H103N3O7. The Morgan fingerprint density at radius 3 is 1.49 bits per heavy atom. The normalized spacial score (nSPS) is 16.1. The Morgan fingerprint density at radius 1 is 0.566 bits per heavy atom. The first-order valence-corrected chi connectivity index (χ1v) is 30.3. The monoisotopic (exact) mass is 1050 g/mol. The molecule has 76 heavy (non-hydrogen) atoms. The van der Waals surface area contributed by atoms with Gasteiger partial charge in [0, 0.05) is 38.8 Å². The van der Waals surface area contributed by atoms with Crippen molar-refractivity contribution in [3.05, 3.63) is 108 Å². The van der Waals surface area contributed by atoms with Crippen LogP contribution in [0.4, 0.5) is 9.59 Å². The van der Waals surface area contributed by atoms with E-state index in [0.717, 1.165) is 73.6 Å². The molecule has 3 unspecified atom stereocenters. The van der Waals surface area contributed by atoms with Gasteiger partial charge in [0.15, 0.2) is 0 Å². The van der Waals surface area contributed by atoms with Crippen LogP contribution in [-0.4, -0.2) is 86.3 Å². The summed E-state index contributed by atoms with van der Waals surface area (Å²) in [7, 11) is 0. The first-order chi connectivity index (χ1) is 37.1. The van der Waals surface area contributed by atoms with Crippen molar-refractivity contribution in [3.63, 3.8) is 0 Å². The molecule has 1 saturated heterocycles. The second-order valence-electron chi connectivity index (χ2n) is 22.2. The number of ether oxygens (including phenoxy) is 4. The molecule has 0 saturated carbocycles. The molecule has 424 valence electrons. The highest BCUT2D eigenvalue weighted by molar-refractivity contribution is 5.86. The molecule has 0 spiro atoms. The molecule has 2 N–H and O–H groups in total. The van der Waals surface area contributed by atoms with Crippen molar-refractivity contribution >= 4 is 18.1 Å². The first-order valence-electron chi connectivity index (χ1n) is 30.3. The first kappa shape index (κ1) is 63.9. The van der Waals surface area contributed by atoms with Crippen LogP contribution < -0.4 is 10.6 Å². The zero-order valence-electron chi connectivity index (χ0n) is 48.2. The molecule has 2 aromatic carbocycles. The summed E-state index contributed by atoms with van der Waals surface area (Å²) in [6, 6.07) is 15.7. The number of benzene rings is 2. The molecule has 1 heterocycles. The third-order valence-corrected chi connectivity index (χ3v) is 14.4. The number of amides is 3. The van der Waals surface area contributed by atoms with Crippen molar-refractivity contribution in [3.8, 4) is 11.1 Å². The van der Waals surface area contributed by atoms with Crippen molar-refractivity contribution in [1.82, 2.24) is 15.5 Å². The van der Waals surface area contributed by atoms with Crippen molar-refractivity contribution in [2.45, 2.75) is 238 Å². The number of carbonyl (C=O) groups is 3. The molecule has 0 aromatic heterocycles. The van der Waals surface area contributed by atoms with E-state index < -0.39 is 23.8 Å². The molecule has 10 nitrogen and oxygen atoms in total. The fourth-order valence-corrected chi connectivity index (χ4v) is 10.1. The highest BCUT2D eigenvalue weighted by atomic mass is 16.6. The molecule has 2 aliphatic rings. The summed E-state index contributed by atoms with van der Waals surface area (Å²) in [5.41, 5.74) is 3.96. The summed E-state index contributed by atoms with van der Waals surface area (Å²) in [6.45, 7) is 12.6. The average molecular weight is 1050 g/mol. The van der Waals surface area contributed by atoms with Crippen LogP contribution in [0.5, 0.6) is 0 Å². The van der Waals surface area contributed by atoms with Crippen LogP contribution in [0.15, 0.2) is 97.1 Å².